The summed E-state index contributed by atoms with van der Waals surface area (Å²) < 4.78 is 10.3. The molecule has 0 fully saturated rings. The van der Waals surface area contributed by atoms with E-state index in [0.29, 0.717) is 39.5 Å². The van der Waals surface area contributed by atoms with E-state index in [-0.39, 0.29) is 26.1 Å². The number of nitrogens with zero attached hydrogens (tertiary/aromatic N) is 1. The van der Waals surface area contributed by atoms with Gasteiger partial charge < -0.3 is 24.8 Å². The molecule has 0 atom stereocenters. The summed E-state index contributed by atoms with van der Waals surface area (Å²) in [5, 5.41) is 25.7. The van der Waals surface area contributed by atoms with E-state index >= 15 is 0 Å². The average molecular weight is 293 g/mol. The Morgan fingerprint density at radius 1 is 0.800 bits per heavy atom. The lowest BCUT2D eigenvalue weighted by Gasteiger charge is -2.20. The minimum absolute atomic E-state index is 0.0285. The molecular formula is C12H23NO7. The van der Waals surface area contributed by atoms with Gasteiger partial charge in [0.2, 0.25) is 0 Å². The Balaban J connectivity index is 3.72. The van der Waals surface area contributed by atoms with Crippen LogP contribution in [0.4, 0.5) is 0 Å². The van der Waals surface area contributed by atoms with Crippen LogP contribution in [-0.4, -0.2) is 84.8 Å². The van der Waals surface area contributed by atoms with E-state index in [4.69, 9.17) is 24.8 Å². The molecular weight excluding hydrogens is 270 g/mol. The monoisotopic (exact) mass is 293 g/mol. The molecule has 0 aromatic carbocycles. The van der Waals surface area contributed by atoms with Crippen LogP contribution in [0.5, 0.6) is 0 Å². The lowest BCUT2D eigenvalue weighted by Crippen LogP contribution is -2.32. The number of carboxylic acids is 2. The zero-order valence-electron chi connectivity index (χ0n) is 11.5. The van der Waals surface area contributed by atoms with Crippen LogP contribution in [0.25, 0.3) is 0 Å². The topological polar surface area (TPSA) is 117 Å². The van der Waals surface area contributed by atoms with Crippen molar-refractivity contribution < 1.29 is 34.4 Å². The fourth-order valence-corrected chi connectivity index (χ4v) is 1.42. The van der Waals surface area contributed by atoms with Crippen molar-refractivity contribution in [2.24, 2.45) is 0 Å². The van der Waals surface area contributed by atoms with Crippen LogP contribution in [0.2, 0.25) is 0 Å². The quantitative estimate of drug-likeness (QED) is 0.359. The van der Waals surface area contributed by atoms with E-state index in [1.807, 2.05) is 0 Å². The van der Waals surface area contributed by atoms with Crippen LogP contribution in [0.3, 0.4) is 0 Å². The van der Waals surface area contributed by atoms with Crippen molar-refractivity contribution >= 4 is 11.9 Å². The van der Waals surface area contributed by atoms with Crippen molar-refractivity contribution in [3.63, 3.8) is 0 Å². The Morgan fingerprint density at radius 3 is 1.75 bits per heavy atom. The largest absolute Gasteiger partial charge is 0.481 e. The molecule has 0 radical (unpaired) electrons. The summed E-state index contributed by atoms with van der Waals surface area (Å²) in [6.45, 7) is 2.45. The van der Waals surface area contributed by atoms with E-state index in [2.05, 4.69) is 0 Å². The van der Waals surface area contributed by atoms with Gasteiger partial charge in [0.25, 0.3) is 0 Å². The molecule has 0 bridgehead atoms. The van der Waals surface area contributed by atoms with E-state index in [1.165, 1.54) is 0 Å². The summed E-state index contributed by atoms with van der Waals surface area (Å²) in [6.07, 6.45) is -0.0571. The standard InChI is InChI=1S/C12H23NO7/c14-6-8-20-10-9-19-7-5-13(3-1-11(15)16)4-2-12(17)18/h14H,1-10H2,(H,15,16)(H,17,18). The second kappa shape index (κ2) is 12.8. The van der Waals surface area contributed by atoms with Crippen LogP contribution in [0, 0.1) is 0 Å². The number of rotatable bonds is 14. The summed E-state index contributed by atoms with van der Waals surface area (Å²) in [6, 6.07) is 0. The Morgan fingerprint density at radius 2 is 1.30 bits per heavy atom. The number of ether oxygens (including phenoxy) is 2. The fourth-order valence-electron chi connectivity index (χ4n) is 1.42. The molecule has 0 aromatic heterocycles. The van der Waals surface area contributed by atoms with Gasteiger partial charge in [-0.2, -0.15) is 0 Å². The lowest BCUT2D eigenvalue weighted by molar-refractivity contribution is -0.137. The Bertz CT molecular complexity index is 255. The minimum atomic E-state index is -0.913. The maximum absolute atomic E-state index is 10.5. The smallest absolute Gasteiger partial charge is 0.304 e. The molecule has 0 aliphatic rings. The number of aliphatic hydroxyl groups is 1. The number of aliphatic hydroxyl groups excluding tert-OH is 1. The molecule has 0 aromatic rings. The third-order valence-electron chi connectivity index (χ3n) is 2.44. The Hall–Kier alpha value is -1.22. The zero-order valence-corrected chi connectivity index (χ0v) is 11.5. The van der Waals surface area contributed by atoms with E-state index in [1.54, 1.807) is 4.90 Å². The molecule has 0 rings (SSSR count). The highest BCUT2D eigenvalue weighted by molar-refractivity contribution is 5.67. The zero-order chi connectivity index (χ0) is 15.2. The molecule has 0 spiro atoms. The number of hydrogen-bond acceptors (Lipinski definition) is 6. The molecule has 8 nitrogen and oxygen atoms in total. The second-order valence-electron chi connectivity index (χ2n) is 4.08. The van der Waals surface area contributed by atoms with Gasteiger partial charge in [-0.15, -0.1) is 0 Å². The number of carboxylic acid groups (broad SMARTS) is 2. The molecule has 0 saturated carbocycles. The maximum atomic E-state index is 10.5. The van der Waals surface area contributed by atoms with E-state index in [9.17, 15) is 9.59 Å². The SMILES string of the molecule is O=C(O)CCN(CCOCCOCCO)CCC(=O)O. The molecule has 0 amide bonds. The van der Waals surface area contributed by atoms with Gasteiger partial charge >= 0.3 is 11.9 Å². The van der Waals surface area contributed by atoms with E-state index < -0.39 is 11.9 Å². The maximum Gasteiger partial charge on any atom is 0.304 e. The summed E-state index contributed by atoms with van der Waals surface area (Å²) in [5.41, 5.74) is 0. The van der Waals surface area contributed by atoms with Crippen LogP contribution in [0.1, 0.15) is 12.8 Å². The highest BCUT2D eigenvalue weighted by atomic mass is 16.5. The first-order valence-corrected chi connectivity index (χ1v) is 6.48. The third kappa shape index (κ3) is 13.2. The number of hydrogen-bond donors (Lipinski definition) is 3. The lowest BCUT2D eigenvalue weighted by atomic mass is 10.3. The molecule has 0 aliphatic carbocycles. The van der Waals surface area contributed by atoms with E-state index in [0.717, 1.165) is 0 Å². The predicted molar refractivity (Wildman–Crippen MR) is 69.7 cm³/mol. The highest BCUT2D eigenvalue weighted by Gasteiger charge is 2.09. The van der Waals surface area contributed by atoms with Gasteiger partial charge in [0, 0.05) is 19.6 Å². The third-order valence-corrected chi connectivity index (χ3v) is 2.44. The number of carbonyl (C=O) groups is 2. The van der Waals surface area contributed by atoms with Gasteiger partial charge in [-0.05, 0) is 0 Å². The Labute approximate surface area is 117 Å². The van der Waals surface area contributed by atoms with Crippen molar-refractivity contribution in [2.75, 3.05) is 52.7 Å². The molecule has 20 heavy (non-hydrogen) atoms. The van der Waals surface area contributed by atoms with Crippen molar-refractivity contribution in [1.82, 2.24) is 4.90 Å². The summed E-state index contributed by atoms with van der Waals surface area (Å²) in [7, 11) is 0. The van der Waals surface area contributed by atoms with Crippen LogP contribution < -0.4 is 0 Å². The van der Waals surface area contributed by atoms with Crippen LogP contribution in [-0.2, 0) is 19.1 Å². The number of aliphatic carboxylic acids is 2. The molecule has 0 heterocycles. The second-order valence-corrected chi connectivity index (χ2v) is 4.08. The van der Waals surface area contributed by atoms with Crippen molar-refractivity contribution in [2.45, 2.75) is 12.8 Å². The molecule has 0 unspecified atom stereocenters. The van der Waals surface area contributed by atoms with Gasteiger partial charge in [-0.3, -0.25) is 14.5 Å². The summed E-state index contributed by atoms with van der Waals surface area (Å²) in [5.74, 6) is -1.83. The molecule has 0 aliphatic heterocycles. The van der Waals surface area contributed by atoms with Crippen molar-refractivity contribution in [1.29, 1.82) is 0 Å². The molecule has 118 valence electrons. The van der Waals surface area contributed by atoms with Gasteiger partial charge in [-0.1, -0.05) is 0 Å². The average Bonchev–Trinajstić information content (AvgIpc) is 2.39. The van der Waals surface area contributed by atoms with Gasteiger partial charge in [0.15, 0.2) is 0 Å². The summed E-state index contributed by atoms with van der Waals surface area (Å²) >= 11 is 0. The van der Waals surface area contributed by atoms with Gasteiger partial charge in [0.1, 0.15) is 0 Å². The fraction of sp³-hybridized carbons (Fsp3) is 0.833. The first kappa shape index (κ1) is 18.8. The molecule has 8 heteroatoms. The van der Waals surface area contributed by atoms with Crippen molar-refractivity contribution in [3.05, 3.63) is 0 Å². The molecule has 0 saturated heterocycles. The normalized spacial score (nSPS) is 10.9. The van der Waals surface area contributed by atoms with Crippen LogP contribution in [0.15, 0.2) is 0 Å². The van der Waals surface area contributed by atoms with Crippen molar-refractivity contribution in [3.8, 4) is 0 Å². The first-order valence-electron chi connectivity index (χ1n) is 6.48. The molecule has 3 N–H and O–H groups in total. The van der Waals surface area contributed by atoms with Crippen LogP contribution >= 0.6 is 0 Å². The minimum Gasteiger partial charge on any atom is -0.481 e. The van der Waals surface area contributed by atoms with Gasteiger partial charge in [0.05, 0.1) is 45.9 Å². The highest BCUT2D eigenvalue weighted by Crippen LogP contribution is 1.96. The van der Waals surface area contributed by atoms with Gasteiger partial charge in [-0.25, -0.2) is 0 Å². The summed E-state index contributed by atoms with van der Waals surface area (Å²) in [4.78, 5) is 22.8. The predicted octanol–water partition coefficient (Wildman–Crippen LogP) is -0.737. The first-order chi connectivity index (χ1) is 9.56. The Kier molecular flexibility index (Phi) is 12.0.